The van der Waals surface area contributed by atoms with Gasteiger partial charge in [-0.05, 0) is 51.6 Å². The minimum Gasteiger partial charge on any atom is -0.353 e. The first-order valence-corrected chi connectivity index (χ1v) is 7.13. The third-order valence-corrected chi connectivity index (χ3v) is 4.66. The molecule has 0 bridgehead atoms. The highest BCUT2D eigenvalue weighted by atomic mass is 35.5. The highest BCUT2D eigenvalue weighted by Gasteiger charge is 2.37. The molecule has 2 rings (SSSR count). The number of nitrogens with one attached hydrogen (secondary N) is 2. The Labute approximate surface area is 117 Å². The maximum atomic E-state index is 12.3. The molecule has 2 N–H and O–H groups in total. The van der Waals surface area contributed by atoms with E-state index >= 15 is 0 Å². The molecule has 106 valence electrons. The van der Waals surface area contributed by atoms with Crippen molar-refractivity contribution in [2.24, 2.45) is 11.3 Å². The fourth-order valence-electron chi connectivity index (χ4n) is 3.19. The van der Waals surface area contributed by atoms with Crippen molar-refractivity contribution >= 4 is 18.3 Å². The predicted octanol–water partition coefficient (Wildman–Crippen LogP) is 2.49. The molecule has 2 fully saturated rings. The lowest BCUT2D eigenvalue weighted by Crippen LogP contribution is -2.48. The van der Waals surface area contributed by atoms with Gasteiger partial charge < -0.3 is 10.6 Å². The number of hydrogen-bond donors (Lipinski definition) is 2. The lowest BCUT2D eigenvalue weighted by molar-refractivity contribution is -0.130. The summed E-state index contributed by atoms with van der Waals surface area (Å²) in [5.74, 6) is 0.894. The second-order valence-corrected chi connectivity index (χ2v) is 6.14. The lowest BCUT2D eigenvalue weighted by Gasteiger charge is -2.32. The third kappa shape index (κ3) is 3.61. The summed E-state index contributed by atoms with van der Waals surface area (Å²) in [5.41, 5.74) is -0.0869. The van der Waals surface area contributed by atoms with Gasteiger partial charge in [0, 0.05) is 11.5 Å². The van der Waals surface area contributed by atoms with Crippen molar-refractivity contribution in [3.8, 4) is 0 Å². The van der Waals surface area contributed by atoms with E-state index in [-0.39, 0.29) is 23.7 Å². The second-order valence-electron chi connectivity index (χ2n) is 6.14. The first-order chi connectivity index (χ1) is 8.12. The Kier molecular flexibility index (Phi) is 5.93. The summed E-state index contributed by atoms with van der Waals surface area (Å²) in [6, 6.07) is 0.313. The van der Waals surface area contributed by atoms with Crippen LogP contribution in [0.1, 0.15) is 52.4 Å². The average molecular weight is 275 g/mol. The molecular weight excluding hydrogens is 248 g/mol. The van der Waals surface area contributed by atoms with Crippen LogP contribution in [0.25, 0.3) is 0 Å². The topological polar surface area (TPSA) is 41.1 Å². The van der Waals surface area contributed by atoms with Crippen molar-refractivity contribution in [2.75, 3.05) is 13.1 Å². The summed E-state index contributed by atoms with van der Waals surface area (Å²) in [5, 5.41) is 6.67. The van der Waals surface area contributed by atoms with Crippen molar-refractivity contribution in [3.05, 3.63) is 0 Å². The molecule has 4 heteroatoms. The van der Waals surface area contributed by atoms with Crippen LogP contribution in [-0.4, -0.2) is 25.0 Å². The molecule has 0 radical (unpaired) electrons. The van der Waals surface area contributed by atoms with Gasteiger partial charge in [0.25, 0.3) is 0 Å². The maximum absolute atomic E-state index is 12.3. The van der Waals surface area contributed by atoms with E-state index in [9.17, 15) is 4.79 Å². The van der Waals surface area contributed by atoms with E-state index in [0.29, 0.717) is 12.0 Å². The summed E-state index contributed by atoms with van der Waals surface area (Å²) in [7, 11) is 0. The monoisotopic (exact) mass is 274 g/mol. The normalized spacial score (nSPS) is 28.2. The Hall–Kier alpha value is -0.280. The van der Waals surface area contributed by atoms with Crippen LogP contribution in [0.3, 0.4) is 0 Å². The van der Waals surface area contributed by atoms with Gasteiger partial charge in [0.1, 0.15) is 0 Å². The van der Waals surface area contributed by atoms with E-state index < -0.39 is 0 Å². The summed E-state index contributed by atoms with van der Waals surface area (Å²) >= 11 is 0. The Morgan fingerprint density at radius 3 is 2.56 bits per heavy atom. The van der Waals surface area contributed by atoms with Crippen LogP contribution in [0.2, 0.25) is 0 Å². The van der Waals surface area contributed by atoms with Crippen molar-refractivity contribution in [2.45, 2.75) is 58.4 Å². The summed E-state index contributed by atoms with van der Waals surface area (Å²) < 4.78 is 0. The van der Waals surface area contributed by atoms with Crippen molar-refractivity contribution < 1.29 is 4.79 Å². The molecule has 1 aliphatic carbocycles. The highest BCUT2D eigenvalue weighted by Crippen LogP contribution is 2.37. The lowest BCUT2D eigenvalue weighted by atomic mass is 9.86. The quantitative estimate of drug-likeness (QED) is 0.830. The predicted molar refractivity (Wildman–Crippen MR) is 77.0 cm³/mol. The highest BCUT2D eigenvalue weighted by molar-refractivity contribution is 5.85. The Morgan fingerprint density at radius 2 is 2.00 bits per heavy atom. The van der Waals surface area contributed by atoms with Gasteiger partial charge in [-0.25, -0.2) is 0 Å². The molecule has 3 nitrogen and oxygen atoms in total. The summed E-state index contributed by atoms with van der Waals surface area (Å²) in [6.45, 7) is 6.47. The molecule has 2 aliphatic rings. The smallest absolute Gasteiger partial charge is 0.226 e. The minimum atomic E-state index is -0.0869. The summed E-state index contributed by atoms with van der Waals surface area (Å²) in [6.07, 6.45) is 7.03. The van der Waals surface area contributed by atoms with Crippen LogP contribution in [0.4, 0.5) is 0 Å². The largest absolute Gasteiger partial charge is 0.353 e. The zero-order valence-electron chi connectivity index (χ0n) is 11.6. The second kappa shape index (κ2) is 6.76. The summed E-state index contributed by atoms with van der Waals surface area (Å²) in [4.78, 5) is 12.3. The molecule has 1 saturated heterocycles. The fourth-order valence-corrected chi connectivity index (χ4v) is 3.19. The van der Waals surface area contributed by atoms with Gasteiger partial charge in [-0.15, -0.1) is 12.4 Å². The van der Waals surface area contributed by atoms with Crippen LogP contribution in [0.15, 0.2) is 0 Å². The molecule has 0 aromatic heterocycles. The number of piperidine rings is 1. The first kappa shape index (κ1) is 15.8. The molecule has 0 spiro atoms. The molecule has 1 heterocycles. The van der Waals surface area contributed by atoms with E-state index in [2.05, 4.69) is 24.5 Å². The van der Waals surface area contributed by atoms with Gasteiger partial charge in [-0.1, -0.05) is 19.8 Å². The number of carbonyl (C=O) groups excluding carboxylic acids is 1. The van der Waals surface area contributed by atoms with Crippen LogP contribution >= 0.6 is 12.4 Å². The first-order valence-electron chi connectivity index (χ1n) is 7.13. The molecular formula is C14H27ClN2O. The van der Waals surface area contributed by atoms with Crippen molar-refractivity contribution in [1.82, 2.24) is 10.6 Å². The Bertz CT molecular complexity index is 271. The van der Waals surface area contributed by atoms with Gasteiger partial charge in [-0.3, -0.25) is 4.79 Å². The van der Waals surface area contributed by atoms with E-state index in [1.54, 1.807) is 0 Å². The fraction of sp³-hybridized carbons (Fsp3) is 0.929. The minimum absolute atomic E-state index is 0. The van der Waals surface area contributed by atoms with Crippen LogP contribution in [0.5, 0.6) is 0 Å². The van der Waals surface area contributed by atoms with Gasteiger partial charge in [0.2, 0.25) is 5.91 Å². The molecule has 18 heavy (non-hydrogen) atoms. The molecule has 2 atom stereocenters. The number of rotatable bonds is 3. The maximum Gasteiger partial charge on any atom is 0.226 e. The standard InChI is InChI=1S/C14H26N2O.ClH/c1-11(12-6-5-9-15-10-12)16-13(17)14(2)7-3-4-8-14;/h11-12,15H,3-10H2,1-2H3,(H,16,17);1H. The van der Waals surface area contributed by atoms with Gasteiger partial charge in [0.15, 0.2) is 0 Å². The third-order valence-electron chi connectivity index (χ3n) is 4.66. The van der Waals surface area contributed by atoms with Crippen molar-refractivity contribution in [3.63, 3.8) is 0 Å². The van der Waals surface area contributed by atoms with E-state index in [1.165, 1.54) is 25.7 Å². The van der Waals surface area contributed by atoms with Gasteiger partial charge in [-0.2, -0.15) is 0 Å². The van der Waals surface area contributed by atoms with E-state index in [0.717, 1.165) is 25.9 Å². The molecule has 2 unspecified atom stereocenters. The Morgan fingerprint density at radius 1 is 1.33 bits per heavy atom. The molecule has 1 aliphatic heterocycles. The molecule has 1 amide bonds. The number of amides is 1. The van der Waals surface area contributed by atoms with Gasteiger partial charge >= 0.3 is 0 Å². The SMILES string of the molecule is CC(NC(=O)C1(C)CCCC1)C1CCCNC1.Cl. The average Bonchev–Trinajstić information content (AvgIpc) is 2.78. The number of hydrogen-bond acceptors (Lipinski definition) is 2. The van der Waals surface area contributed by atoms with E-state index in [4.69, 9.17) is 0 Å². The van der Waals surface area contributed by atoms with Crippen LogP contribution in [-0.2, 0) is 4.79 Å². The molecule has 0 aromatic rings. The zero-order valence-corrected chi connectivity index (χ0v) is 12.4. The van der Waals surface area contributed by atoms with Gasteiger partial charge in [0.05, 0.1) is 0 Å². The van der Waals surface area contributed by atoms with E-state index in [1.807, 2.05) is 0 Å². The number of halogens is 1. The zero-order chi connectivity index (χ0) is 12.3. The number of carbonyl (C=O) groups is 1. The van der Waals surface area contributed by atoms with Crippen LogP contribution in [0, 0.1) is 11.3 Å². The Balaban J connectivity index is 0.00000162. The molecule has 1 saturated carbocycles. The molecule has 0 aromatic carbocycles. The van der Waals surface area contributed by atoms with Crippen LogP contribution < -0.4 is 10.6 Å². The van der Waals surface area contributed by atoms with Crippen molar-refractivity contribution in [1.29, 1.82) is 0 Å².